The number of benzene rings is 1. The smallest absolute Gasteiger partial charge is 0.272 e. The number of hydrogen-bond donors (Lipinski definition) is 1. The van der Waals surface area contributed by atoms with Crippen molar-refractivity contribution in [2.45, 2.75) is 13.8 Å². The average molecular weight is 388 g/mol. The molecular formula is C22H24N6O. The van der Waals surface area contributed by atoms with Crippen molar-refractivity contribution in [1.82, 2.24) is 19.9 Å². The van der Waals surface area contributed by atoms with Gasteiger partial charge in [-0.2, -0.15) is 0 Å². The van der Waals surface area contributed by atoms with Gasteiger partial charge in [0.1, 0.15) is 11.5 Å². The molecule has 3 aromatic rings. The van der Waals surface area contributed by atoms with Crippen LogP contribution in [0.3, 0.4) is 0 Å². The maximum atomic E-state index is 12.9. The summed E-state index contributed by atoms with van der Waals surface area (Å²) in [5.74, 6) is 1.30. The van der Waals surface area contributed by atoms with Crippen LogP contribution < -0.4 is 10.2 Å². The van der Waals surface area contributed by atoms with E-state index >= 15 is 0 Å². The molecule has 0 spiro atoms. The molecule has 0 saturated carbocycles. The maximum absolute atomic E-state index is 12.9. The van der Waals surface area contributed by atoms with Gasteiger partial charge in [0, 0.05) is 44.3 Å². The van der Waals surface area contributed by atoms with Crippen molar-refractivity contribution >= 4 is 23.4 Å². The average Bonchev–Trinajstić information content (AvgIpc) is 2.76. The van der Waals surface area contributed by atoms with Crippen LogP contribution in [-0.4, -0.2) is 51.9 Å². The summed E-state index contributed by atoms with van der Waals surface area (Å²) in [4.78, 5) is 30.1. The minimum absolute atomic E-state index is 0.0725. The number of nitrogens with zero attached hydrogens (tertiary/aromatic N) is 5. The van der Waals surface area contributed by atoms with Gasteiger partial charge in [-0.05, 0) is 43.7 Å². The SMILES string of the molecule is Cc1ccc(Nc2nccc(C(=O)N3CCN(c4ccccn4)CC3)n2)c(C)c1. The molecule has 7 heteroatoms. The van der Waals surface area contributed by atoms with Crippen LogP contribution in [0.1, 0.15) is 21.6 Å². The van der Waals surface area contributed by atoms with Crippen molar-refractivity contribution < 1.29 is 4.79 Å². The van der Waals surface area contributed by atoms with Crippen LogP contribution >= 0.6 is 0 Å². The Morgan fingerprint density at radius 1 is 0.966 bits per heavy atom. The predicted octanol–water partition coefficient (Wildman–Crippen LogP) is 3.19. The fraction of sp³-hybridized carbons (Fsp3) is 0.273. The zero-order valence-corrected chi connectivity index (χ0v) is 16.7. The number of carbonyl (C=O) groups excluding carboxylic acids is 1. The molecular weight excluding hydrogens is 364 g/mol. The van der Waals surface area contributed by atoms with E-state index in [1.54, 1.807) is 18.5 Å². The standard InChI is InChI=1S/C22H24N6O/c1-16-6-7-18(17(2)15-16)25-22-24-10-8-19(26-22)21(29)28-13-11-27(12-14-28)20-5-3-4-9-23-20/h3-10,15H,11-14H2,1-2H3,(H,24,25,26). The van der Waals surface area contributed by atoms with E-state index in [9.17, 15) is 4.79 Å². The van der Waals surface area contributed by atoms with E-state index in [0.29, 0.717) is 24.7 Å². The number of carbonyl (C=O) groups is 1. The van der Waals surface area contributed by atoms with E-state index in [1.165, 1.54) is 5.56 Å². The van der Waals surface area contributed by atoms with Crippen LogP contribution in [0, 0.1) is 13.8 Å². The van der Waals surface area contributed by atoms with Gasteiger partial charge in [0.25, 0.3) is 5.91 Å². The molecule has 7 nitrogen and oxygen atoms in total. The lowest BCUT2D eigenvalue weighted by atomic mass is 10.1. The molecule has 1 saturated heterocycles. The Hall–Kier alpha value is -3.48. The predicted molar refractivity (Wildman–Crippen MR) is 114 cm³/mol. The molecule has 4 rings (SSSR count). The fourth-order valence-electron chi connectivity index (χ4n) is 3.45. The summed E-state index contributed by atoms with van der Waals surface area (Å²) in [6.45, 7) is 6.87. The van der Waals surface area contributed by atoms with E-state index in [0.717, 1.165) is 30.2 Å². The molecule has 0 aliphatic carbocycles. The molecule has 1 N–H and O–H groups in total. The molecule has 2 aromatic heterocycles. The molecule has 0 radical (unpaired) electrons. The van der Waals surface area contributed by atoms with Gasteiger partial charge < -0.3 is 15.1 Å². The summed E-state index contributed by atoms with van der Waals surface area (Å²) in [6.07, 6.45) is 3.41. The van der Waals surface area contributed by atoms with Crippen molar-refractivity contribution in [3.63, 3.8) is 0 Å². The number of hydrogen-bond acceptors (Lipinski definition) is 6. The third-order valence-corrected chi connectivity index (χ3v) is 5.04. The molecule has 1 aliphatic rings. The number of nitrogens with one attached hydrogen (secondary N) is 1. The number of anilines is 3. The highest BCUT2D eigenvalue weighted by atomic mass is 16.2. The number of piperazine rings is 1. The van der Waals surface area contributed by atoms with E-state index < -0.39 is 0 Å². The first-order valence-electron chi connectivity index (χ1n) is 9.73. The van der Waals surface area contributed by atoms with E-state index in [2.05, 4.69) is 38.2 Å². The molecule has 1 amide bonds. The Kier molecular flexibility index (Phi) is 5.37. The Balaban J connectivity index is 1.42. The second-order valence-electron chi connectivity index (χ2n) is 7.18. The number of amides is 1. The van der Waals surface area contributed by atoms with Crippen molar-refractivity contribution in [2.75, 3.05) is 36.4 Å². The van der Waals surface area contributed by atoms with Gasteiger partial charge in [0.15, 0.2) is 0 Å². The van der Waals surface area contributed by atoms with Gasteiger partial charge in [-0.25, -0.2) is 15.0 Å². The number of pyridine rings is 1. The minimum atomic E-state index is -0.0725. The second-order valence-corrected chi connectivity index (χ2v) is 7.18. The van der Waals surface area contributed by atoms with Crippen molar-refractivity contribution in [3.05, 3.63) is 71.7 Å². The lowest BCUT2D eigenvalue weighted by Gasteiger charge is -2.35. The molecule has 29 heavy (non-hydrogen) atoms. The number of aryl methyl sites for hydroxylation is 2. The van der Waals surface area contributed by atoms with Gasteiger partial charge in [-0.1, -0.05) is 23.8 Å². The van der Waals surface area contributed by atoms with Gasteiger partial charge >= 0.3 is 0 Å². The Morgan fingerprint density at radius 3 is 2.52 bits per heavy atom. The zero-order valence-electron chi connectivity index (χ0n) is 16.7. The van der Waals surface area contributed by atoms with Crippen molar-refractivity contribution in [3.8, 4) is 0 Å². The Bertz CT molecular complexity index is 999. The molecule has 1 aliphatic heterocycles. The van der Waals surface area contributed by atoms with Crippen LogP contribution in [0.15, 0.2) is 54.9 Å². The van der Waals surface area contributed by atoms with E-state index in [4.69, 9.17) is 0 Å². The summed E-state index contributed by atoms with van der Waals surface area (Å²) in [5.41, 5.74) is 3.64. The quantitative estimate of drug-likeness (QED) is 0.740. The van der Waals surface area contributed by atoms with Gasteiger partial charge in [-0.3, -0.25) is 4.79 Å². The molecule has 0 atom stereocenters. The van der Waals surface area contributed by atoms with Crippen LogP contribution in [0.4, 0.5) is 17.5 Å². The molecule has 148 valence electrons. The summed E-state index contributed by atoms with van der Waals surface area (Å²) >= 11 is 0. The molecule has 1 fully saturated rings. The normalized spacial score (nSPS) is 14.0. The first kappa shape index (κ1) is 18.9. The topological polar surface area (TPSA) is 74.2 Å². The Morgan fingerprint density at radius 2 is 1.79 bits per heavy atom. The summed E-state index contributed by atoms with van der Waals surface area (Å²) in [5, 5.41) is 3.22. The highest BCUT2D eigenvalue weighted by Crippen LogP contribution is 2.20. The van der Waals surface area contributed by atoms with Crippen LogP contribution in [0.2, 0.25) is 0 Å². The summed E-state index contributed by atoms with van der Waals surface area (Å²) in [6, 6.07) is 13.7. The zero-order chi connectivity index (χ0) is 20.2. The third-order valence-electron chi connectivity index (χ3n) is 5.04. The highest BCUT2D eigenvalue weighted by molar-refractivity contribution is 5.92. The second kappa shape index (κ2) is 8.26. The van der Waals surface area contributed by atoms with Gasteiger partial charge in [0.05, 0.1) is 0 Å². The lowest BCUT2D eigenvalue weighted by Crippen LogP contribution is -2.49. The van der Waals surface area contributed by atoms with E-state index in [-0.39, 0.29) is 5.91 Å². The minimum Gasteiger partial charge on any atom is -0.353 e. The van der Waals surface area contributed by atoms with E-state index in [1.807, 2.05) is 42.2 Å². The molecule has 0 unspecified atom stereocenters. The largest absolute Gasteiger partial charge is 0.353 e. The van der Waals surface area contributed by atoms with Crippen LogP contribution in [-0.2, 0) is 0 Å². The number of rotatable bonds is 4. The number of aromatic nitrogens is 3. The maximum Gasteiger partial charge on any atom is 0.272 e. The summed E-state index contributed by atoms with van der Waals surface area (Å²) < 4.78 is 0. The van der Waals surface area contributed by atoms with Crippen LogP contribution in [0.25, 0.3) is 0 Å². The monoisotopic (exact) mass is 388 g/mol. The van der Waals surface area contributed by atoms with Crippen LogP contribution in [0.5, 0.6) is 0 Å². The van der Waals surface area contributed by atoms with Gasteiger partial charge in [-0.15, -0.1) is 0 Å². The highest BCUT2D eigenvalue weighted by Gasteiger charge is 2.24. The first-order chi connectivity index (χ1) is 14.1. The first-order valence-corrected chi connectivity index (χ1v) is 9.73. The van der Waals surface area contributed by atoms with Crippen molar-refractivity contribution in [2.24, 2.45) is 0 Å². The molecule has 3 heterocycles. The Labute approximate surface area is 170 Å². The lowest BCUT2D eigenvalue weighted by molar-refractivity contribution is 0.0740. The molecule has 0 bridgehead atoms. The molecule has 1 aromatic carbocycles. The van der Waals surface area contributed by atoms with Crippen molar-refractivity contribution in [1.29, 1.82) is 0 Å². The van der Waals surface area contributed by atoms with Gasteiger partial charge in [0.2, 0.25) is 5.95 Å². The summed E-state index contributed by atoms with van der Waals surface area (Å²) in [7, 11) is 0. The fourth-order valence-corrected chi connectivity index (χ4v) is 3.45. The third kappa shape index (κ3) is 4.34.